The van der Waals surface area contributed by atoms with E-state index in [1.54, 1.807) is 12.3 Å². The molecule has 3 aromatic rings. The van der Waals surface area contributed by atoms with Crippen molar-refractivity contribution in [1.82, 2.24) is 4.57 Å². The Kier molecular flexibility index (Phi) is 4.49. The van der Waals surface area contributed by atoms with E-state index in [1.807, 2.05) is 33.7 Å². The zero-order valence-corrected chi connectivity index (χ0v) is 17.2. The van der Waals surface area contributed by atoms with Crippen LogP contribution in [0.5, 0.6) is 0 Å². The monoisotopic (exact) mass is 474 g/mol. The zero-order chi connectivity index (χ0) is 18.4. The zero-order valence-electron chi connectivity index (χ0n) is 14.1. The average Bonchev–Trinajstić information content (AvgIpc) is 2.92. The first-order chi connectivity index (χ1) is 12.4. The number of carbonyl (C=O) groups excluding carboxylic acids is 1. The quantitative estimate of drug-likeness (QED) is 0.547. The highest BCUT2D eigenvalue weighted by molar-refractivity contribution is 9.10. The van der Waals surface area contributed by atoms with Crippen LogP contribution >= 0.6 is 31.9 Å². The molecule has 1 aliphatic heterocycles. The van der Waals surface area contributed by atoms with Gasteiger partial charge in [-0.15, -0.1) is 0 Å². The van der Waals surface area contributed by atoms with Crippen molar-refractivity contribution in [2.75, 3.05) is 4.90 Å². The summed E-state index contributed by atoms with van der Waals surface area (Å²) in [5.41, 5.74) is 2.86. The minimum absolute atomic E-state index is 0.0199. The third-order valence-electron chi connectivity index (χ3n) is 4.77. The Hall–Kier alpha value is -1.92. The minimum atomic E-state index is -0.0465. The largest absolute Gasteiger partial charge is 0.338 e. The van der Waals surface area contributed by atoms with Gasteiger partial charge in [0.25, 0.3) is 0 Å². The number of amides is 1. The molecule has 6 heteroatoms. The van der Waals surface area contributed by atoms with E-state index in [0.29, 0.717) is 5.39 Å². The fourth-order valence-electron chi connectivity index (χ4n) is 3.62. The molecule has 2 aromatic carbocycles. The second-order valence-electron chi connectivity index (χ2n) is 6.56. The van der Waals surface area contributed by atoms with Gasteiger partial charge in [0.2, 0.25) is 5.91 Å². The Morgan fingerprint density at radius 2 is 1.85 bits per heavy atom. The highest BCUT2D eigenvalue weighted by Crippen LogP contribution is 2.34. The molecule has 26 heavy (non-hydrogen) atoms. The van der Waals surface area contributed by atoms with Crippen molar-refractivity contribution in [2.24, 2.45) is 0 Å². The third kappa shape index (κ3) is 3.01. The molecule has 0 bridgehead atoms. The molecule has 1 aliphatic rings. The van der Waals surface area contributed by atoms with Crippen molar-refractivity contribution in [3.05, 3.63) is 73.4 Å². The Morgan fingerprint density at radius 1 is 1.12 bits per heavy atom. The predicted octanol–water partition coefficient (Wildman–Crippen LogP) is 4.50. The number of carbonyl (C=O) groups is 1. The summed E-state index contributed by atoms with van der Waals surface area (Å²) in [7, 11) is 0. The number of hydrogen-bond donors (Lipinski definition) is 0. The maximum absolute atomic E-state index is 13.1. The van der Waals surface area contributed by atoms with Gasteiger partial charge >= 0.3 is 0 Å². The van der Waals surface area contributed by atoms with Gasteiger partial charge in [0.05, 0.1) is 5.52 Å². The summed E-state index contributed by atoms with van der Waals surface area (Å²) in [6.45, 7) is 2.25. The molecule has 1 aromatic heterocycles. The Balaban J connectivity index is 1.71. The minimum Gasteiger partial charge on any atom is -0.338 e. The number of pyridine rings is 1. The normalized spacial score (nSPS) is 16.1. The number of anilines is 1. The second-order valence-corrected chi connectivity index (χ2v) is 8.39. The van der Waals surface area contributed by atoms with Crippen molar-refractivity contribution >= 4 is 54.4 Å². The molecule has 0 spiro atoms. The van der Waals surface area contributed by atoms with Crippen LogP contribution in [0.4, 0.5) is 5.69 Å². The predicted molar refractivity (Wildman–Crippen MR) is 111 cm³/mol. The summed E-state index contributed by atoms with van der Waals surface area (Å²) in [6.07, 6.45) is 2.54. The van der Waals surface area contributed by atoms with Crippen molar-refractivity contribution in [3.8, 4) is 0 Å². The van der Waals surface area contributed by atoms with E-state index in [0.717, 1.165) is 26.6 Å². The molecule has 0 aliphatic carbocycles. The van der Waals surface area contributed by atoms with Gasteiger partial charge in [0.1, 0.15) is 6.54 Å². The standard InChI is InChI=1S/C20H16Br2N2O2/c1-12-8-13-9-14(21)2-4-17(13)24(12)20(26)11-23-7-6-19(25)16-10-15(22)3-5-18(16)23/h2-7,9-10,12H,8,11H2,1H3/t12-/m0/s1. The molecule has 0 saturated heterocycles. The molecule has 0 unspecified atom stereocenters. The number of fused-ring (bicyclic) bond motifs is 2. The molecule has 4 rings (SSSR count). The molecule has 0 radical (unpaired) electrons. The van der Waals surface area contributed by atoms with Gasteiger partial charge in [-0.3, -0.25) is 9.59 Å². The Bertz CT molecular complexity index is 1090. The lowest BCUT2D eigenvalue weighted by atomic mass is 10.1. The first-order valence-corrected chi connectivity index (χ1v) is 9.92. The van der Waals surface area contributed by atoms with Gasteiger partial charge in [-0.1, -0.05) is 31.9 Å². The van der Waals surface area contributed by atoms with Crippen LogP contribution < -0.4 is 10.3 Å². The number of hydrogen-bond acceptors (Lipinski definition) is 2. The van der Waals surface area contributed by atoms with Crippen LogP contribution in [0.3, 0.4) is 0 Å². The summed E-state index contributed by atoms with van der Waals surface area (Å²) < 4.78 is 3.71. The lowest BCUT2D eigenvalue weighted by molar-refractivity contribution is -0.119. The van der Waals surface area contributed by atoms with Gasteiger partial charge in [-0.2, -0.15) is 0 Å². The van der Waals surface area contributed by atoms with Crippen molar-refractivity contribution < 1.29 is 4.79 Å². The first-order valence-electron chi connectivity index (χ1n) is 8.33. The highest BCUT2D eigenvalue weighted by Gasteiger charge is 2.31. The number of nitrogens with zero attached hydrogens (tertiary/aromatic N) is 2. The molecule has 1 atom stereocenters. The van der Waals surface area contributed by atoms with Crippen LogP contribution in [0.2, 0.25) is 0 Å². The lowest BCUT2D eigenvalue weighted by Gasteiger charge is -2.24. The number of rotatable bonds is 2. The van der Waals surface area contributed by atoms with Crippen molar-refractivity contribution in [2.45, 2.75) is 25.9 Å². The molecule has 0 fully saturated rings. The average molecular weight is 476 g/mol. The maximum atomic E-state index is 13.1. The van der Waals surface area contributed by atoms with E-state index < -0.39 is 0 Å². The fourth-order valence-corrected chi connectivity index (χ4v) is 4.39. The van der Waals surface area contributed by atoms with Gasteiger partial charge in [-0.05, 0) is 55.3 Å². The summed E-state index contributed by atoms with van der Waals surface area (Å²) in [5, 5.41) is 0.605. The molecule has 4 nitrogen and oxygen atoms in total. The molecular weight excluding hydrogens is 460 g/mol. The van der Waals surface area contributed by atoms with Crippen LogP contribution in [0.1, 0.15) is 12.5 Å². The SMILES string of the molecule is C[C@H]1Cc2cc(Br)ccc2N1C(=O)Cn1ccc(=O)c2cc(Br)ccc21. The van der Waals surface area contributed by atoms with Crippen molar-refractivity contribution in [3.63, 3.8) is 0 Å². The van der Waals surface area contributed by atoms with Crippen LogP contribution in [0.25, 0.3) is 10.9 Å². The highest BCUT2D eigenvalue weighted by atomic mass is 79.9. The number of aromatic nitrogens is 1. The van der Waals surface area contributed by atoms with Gasteiger partial charge in [0.15, 0.2) is 5.43 Å². The van der Waals surface area contributed by atoms with E-state index in [9.17, 15) is 9.59 Å². The first kappa shape index (κ1) is 17.5. The van der Waals surface area contributed by atoms with E-state index in [-0.39, 0.29) is 23.9 Å². The Morgan fingerprint density at radius 3 is 2.65 bits per heavy atom. The molecule has 2 heterocycles. The van der Waals surface area contributed by atoms with E-state index in [1.165, 1.54) is 11.6 Å². The number of benzene rings is 2. The topological polar surface area (TPSA) is 42.3 Å². The van der Waals surface area contributed by atoms with E-state index >= 15 is 0 Å². The summed E-state index contributed by atoms with van der Waals surface area (Å²) in [5.74, 6) is 0.0199. The molecule has 0 saturated carbocycles. The van der Waals surface area contributed by atoms with E-state index in [2.05, 4.69) is 44.8 Å². The molecular formula is C20H16Br2N2O2. The van der Waals surface area contributed by atoms with Crippen LogP contribution in [0.15, 0.2) is 62.4 Å². The van der Waals surface area contributed by atoms with Gasteiger partial charge < -0.3 is 9.47 Å². The summed E-state index contributed by atoms with van der Waals surface area (Å²) >= 11 is 6.89. The fraction of sp³-hybridized carbons (Fsp3) is 0.200. The van der Waals surface area contributed by atoms with Gasteiger partial charge in [0, 0.05) is 38.3 Å². The smallest absolute Gasteiger partial charge is 0.247 e. The third-order valence-corrected chi connectivity index (χ3v) is 5.76. The van der Waals surface area contributed by atoms with Crippen LogP contribution in [0, 0.1) is 0 Å². The molecule has 0 N–H and O–H groups in total. The molecule has 1 amide bonds. The second kappa shape index (κ2) is 6.67. The van der Waals surface area contributed by atoms with Crippen LogP contribution in [-0.4, -0.2) is 16.5 Å². The molecule has 132 valence electrons. The van der Waals surface area contributed by atoms with Crippen molar-refractivity contribution in [1.29, 1.82) is 0 Å². The number of halogens is 2. The summed E-state index contributed by atoms with van der Waals surface area (Å²) in [4.78, 5) is 27.1. The lowest BCUT2D eigenvalue weighted by Crippen LogP contribution is -2.38. The summed E-state index contributed by atoms with van der Waals surface area (Å²) in [6, 6.07) is 13.2. The van der Waals surface area contributed by atoms with Gasteiger partial charge in [-0.25, -0.2) is 0 Å². The Labute approximate surface area is 167 Å². The van der Waals surface area contributed by atoms with E-state index in [4.69, 9.17) is 0 Å². The van der Waals surface area contributed by atoms with Crippen LogP contribution in [-0.2, 0) is 17.8 Å². The maximum Gasteiger partial charge on any atom is 0.247 e.